The van der Waals surface area contributed by atoms with Gasteiger partial charge in [-0.15, -0.1) is 0 Å². The molecule has 0 bridgehead atoms. The summed E-state index contributed by atoms with van der Waals surface area (Å²) in [5.41, 5.74) is 5.50. The quantitative estimate of drug-likeness (QED) is 0.494. The lowest BCUT2D eigenvalue weighted by Crippen LogP contribution is -2.32. The molecule has 1 amide bonds. The molecule has 2 N–H and O–H groups in total. The van der Waals surface area contributed by atoms with E-state index in [4.69, 9.17) is 4.42 Å². The van der Waals surface area contributed by atoms with Gasteiger partial charge in [-0.3, -0.25) is 4.79 Å². The van der Waals surface area contributed by atoms with Gasteiger partial charge in [-0.1, -0.05) is 38.1 Å². The van der Waals surface area contributed by atoms with Crippen LogP contribution in [-0.2, 0) is 33.5 Å². The maximum atomic E-state index is 12.7. The van der Waals surface area contributed by atoms with Crippen LogP contribution in [0.3, 0.4) is 0 Å². The highest BCUT2D eigenvalue weighted by atomic mass is 32.2. The van der Waals surface area contributed by atoms with Gasteiger partial charge < -0.3 is 9.73 Å². The van der Waals surface area contributed by atoms with Crippen molar-refractivity contribution < 1.29 is 17.6 Å². The first kappa shape index (κ1) is 24.0. The summed E-state index contributed by atoms with van der Waals surface area (Å²) in [4.78, 5) is 12.7. The minimum Gasteiger partial charge on any atom is -0.464 e. The lowest BCUT2D eigenvalue weighted by atomic mass is 9.95. The third-order valence-corrected chi connectivity index (χ3v) is 6.89. The van der Waals surface area contributed by atoms with E-state index in [2.05, 4.69) is 36.9 Å². The molecule has 0 saturated heterocycles. The molecule has 0 aliphatic carbocycles. The number of furan rings is 1. The molecule has 1 heterocycles. The molecular weight excluding hydrogens is 424 g/mol. The summed E-state index contributed by atoms with van der Waals surface area (Å²) in [6.07, 6.45) is 1.84. The fourth-order valence-corrected chi connectivity index (χ4v) is 5.40. The highest BCUT2D eigenvalue weighted by Crippen LogP contribution is 2.29. The van der Waals surface area contributed by atoms with E-state index in [1.807, 2.05) is 18.2 Å². The Morgan fingerprint density at radius 1 is 1.03 bits per heavy atom. The summed E-state index contributed by atoms with van der Waals surface area (Å²) in [6, 6.07) is 11.2. The second kappa shape index (κ2) is 9.88. The van der Waals surface area contributed by atoms with Crippen molar-refractivity contribution in [2.45, 2.75) is 65.3 Å². The van der Waals surface area contributed by atoms with Gasteiger partial charge in [0.15, 0.2) is 0 Å². The van der Waals surface area contributed by atoms with Crippen LogP contribution in [-0.4, -0.2) is 20.4 Å². The summed E-state index contributed by atoms with van der Waals surface area (Å²) in [5, 5.41) is 3.88. The zero-order valence-corrected chi connectivity index (χ0v) is 20.2. The lowest BCUT2D eigenvalue weighted by molar-refractivity contribution is -0.120. The van der Waals surface area contributed by atoms with Crippen LogP contribution in [0, 0.1) is 6.92 Å². The molecule has 0 unspecified atom stereocenters. The average molecular weight is 457 g/mol. The average Bonchev–Trinajstić information content (AvgIpc) is 3.06. The maximum absolute atomic E-state index is 12.7. The summed E-state index contributed by atoms with van der Waals surface area (Å²) in [5.74, 6) is 0.118. The van der Waals surface area contributed by atoms with Crippen molar-refractivity contribution in [2.75, 3.05) is 0 Å². The number of rotatable bonds is 9. The Kier molecular flexibility index (Phi) is 7.41. The molecule has 3 rings (SSSR count). The first-order valence-corrected chi connectivity index (χ1v) is 12.5. The molecule has 7 heteroatoms. The van der Waals surface area contributed by atoms with E-state index in [-0.39, 0.29) is 30.7 Å². The predicted octanol–water partition coefficient (Wildman–Crippen LogP) is 4.55. The van der Waals surface area contributed by atoms with Crippen LogP contribution in [0.1, 0.15) is 61.4 Å². The lowest BCUT2D eigenvalue weighted by Gasteiger charge is -2.13. The van der Waals surface area contributed by atoms with Crippen LogP contribution in [0.15, 0.2) is 47.1 Å². The monoisotopic (exact) mass is 456 g/mol. The summed E-state index contributed by atoms with van der Waals surface area (Å²) < 4.78 is 32.9. The molecule has 0 aliphatic rings. The van der Waals surface area contributed by atoms with Crippen LogP contribution in [0.2, 0.25) is 0 Å². The standard InChI is InChI=1S/C25H32N2O4S/c1-16(2)22-12-23-21(14-31-24(23)10-18(22)5)11-25(28)26-13-19-8-6-7-9-20(19)15-32(29,30)27-17(3)4/h6-10,12,14,16-17,27H,11,13,15H2,1-5H3,(H,26,28). The highest BCUT2D eigenvalue weighted by molar-refractivity contribution is 7.88. The zero-order chi connectivity index (χ0) is 23.5. The molecule has 0 saturated carbocycles. The number of benzene rings is 2. The van der Waals surface area contributed by atoms with Crippen LogP contribution in [0.4, 0.5) is 0 Å². The Labute approximate surface area is 190 Å². The second-order valence-corrected chi connectivity index (χ2v) is 10.6. The van der Waals surface area contributed by atoms with Gasteiger partial charge >= 0.3 is 0 Å². The van der Waals surface area contributed by atoms with Crippen LogP contribution >= 0.6 is 0 Å². The van der Waals surface area contributed by atoms with E-state index in [1.54, 1.807) is 32.2 Å². The largest absolute Gasteiger partial charge is 0.464 e. The number of hydrogen-bond donors (Lipinski definition) is 2. The third-order valence-electron chi connectivity index (χ3n) is 5.37. The Morgan fingerprint density at radius 3 is 2.38 bits per heavy atom. The van der Waals surface area contributed by atoms with Gasteiger partial charge in [-0.25, -0.2) is 13.1 Å². The summed E-state index contributed by atoms with van der Waals surface area (Å²) in [7, 11) is -3.45. The zero-order valence-electron chi connectivity index (χ0n) is 19.4. The van der Waals surface area contributed by atoms with Crippen molar-refractivity contribution in [3.63, 3.8) is 0 Å². The molecule has 0 fully saturated rings. The SMILES string of the molecule is Cc1cc2occ(CC(=O)NCc3ccccc3CS(=O)(=O)NC(C)C)c2cc1C(C)C. The van der Waals surface area contributed by atoms with Crippen LogP contribution < -0.4 is 10.0 Å². The van der Waals surface area contributed by atoms with E-state index in [1.165, 1.54) is 11.1 Å². The molecule has 172 valence electrons. The first-order chi connectivity index (χ1) is 15.1. The van der Waals surface area contributed by atoms with Crippen molar-refractivity contribution in [3.05, 3.63) is 70.5 Å². The molecular formula is C25H32N2O4S. The Morgan fingerprint density at radius 2 is 1.72 bits per heavy atom. The predicted molar refractivity (Wildman–Crippen MR) is 128 cm³/mol. The van der Waals surface area contributed by atoms with Crippen molar-refractivity contribution in [2.24, 2.45) is 0 Å². The maximum Gasteiger partial charge on any atom is 0.224 e. The number of carbonyl (C=O) groups excluding carboxylic acids is 1. The molecule has 2 aromatic carbocycles. The molecule has 1 aromatic heterocycles. The Bertz CT molecular complexity index is 1210. The Balaban J connectivity index is 1.70. The smallest absolute Gasteiger partial charge is 0.224 e. The summed E-state index contributed by atoms with van der Waals surface area (Å²) in [6.45, 7) is 10.2. The normalized spacial score (nSPS) is 12.1. The third kappa shape index (κ3) is 5.99. The molecule has 32 heavy (non-hydrogen) atoms. The van der Waals surface area contributed by atoms with Gasteiger partial charge in [0.25, 0.3) is 0 Å². The molecule has 0 aliphatic heterocycles. The van der Waals surface area contributed by atoms with Gasteiger partial charge in [0.05, 0.1) is 18.4 Å². The van der Waals surface area contributed by atoms with Crippen LogP contribution in [0.25, 0.3) is 11.0 Å². The first-order valence-electron chi connectivity index (χ1n) is 10.9. The number of aryl methyl sites for hydroxylation is 1. The van der Waals surface area contributed by atoms with E-state index in [0.717, 1.165) is 22.1 Å². The van der Waals surface area contributed by atoms with Crippen molar-refractivity contribution in [1.29, 1.82) is 0 Å². The molecule has 6 nitrogen and oxygen atoms in total. The molecule has 0 radical (unpaired) electrons. The number of fused-ring (bicyclic) bond motifs is 1. The van der Waals surface area contributed by atoms with E-state index in [0.29, 0.717) is 11.5 Å². The Hall–Kier alpha value is -2.64. The number of sulfonamides is 1. The van der Waals surface area contributed by atoms with Gasteiger partial charge in [-0.05, 0) is 61.1 Å². The number of amides is 1. The minimum atomic E-state index is -3.45. The number of nitrogens with one attached hydrogen (secondary N) is 2. The van der Waals surface area contributed by atoms with Crippen molar-refractivity contribution >= 4 is 26.9 Å². The highest BCUT2D eigenvalue weighted by Gasteiger charge is 2.17. The van der Waals surface area contributed by atoms with E-state index >= 15 is 0 Å². The molecule has 0 spiro atoms. The topological polar surface area (TPSA) is 88.4 Å². The fourth-order valence-electron chi connectivity index (χ4n) is 3.91. The van der Waals surface area contributed by atoms with Gasteiger partial charge in [0, 0.05) is 23.5 Å². The number of carbonyl (C=O) groups is 1. The number of hydrogen-bond acceptors (Lipinski definition) is 4. The van der Waals surface area contributed by atoms with Crippen molar-refractivity contribution in [3.8, 4) is 0 Å². The summed E-state index contributed by atoms with van der Waals surface area (Å²) >= 11 is 0. The van der Waals surface area contributed by atoms with E-state index < -0.39 is 10.0 Å². The van der Waals surface area contributed by atoms with Gasteiger partial charge in [-0.2, -0.15) is 0 Å². The fraction of sp³-hybridized carbons (Fsp3) is 0.400. The second-order valence-electron chi connectivity index (χ2n) is 8.87. The van der Waals surface area contributed by atoms with Crippen molar-refractivity contribution in [1.82, 2.24) is 10.0 Å². The molecule has 0 atom stereocenters. The van der Waals surface area contributed by atoms with Crippen LogP contribution in [0.5, 0.6) is 0 Å². The van der Waals surface area contributed by atoms with Gasteiger partial charge in [0.1, 0.15) is 5.58 Å². The minimum absolute atomic E-state index is 0.124. The molecule has 3 aromatic rings. The van der Waals surface area contributed by atoms with E-state index in [9.17, 15) is 13.2 Å². The van der Waals surface area contributed by atoms with Gasteiger partial charge in [0.2, 0.25) is 15.9 Å².